The van der Waals surface area contributed by atoms with E-state index in [0.717, 1.165) is 24.0 Å². The summed E-state index contributed by atoms with van der Waals surface area (Å²) < 4.78 is 6.30. The number of allylic oxidation sites excluding steroid dienone is 5. The summed E-state index contributed by atoms with van der Waals surface area (Å²) in [5.41, 5.74) is -1.34. The third-order valence-electron chi connectivity index (χ3n) is 9.76. The lowest BCUT2D eigenvalue weighted by Gasteiger charge is -2.59. The highest BCUT2D eigenvalue weighted by Gasteiger charge is 2.72. The third kappa shape index (κ3) is 3.57. The quantitative estimate of drug-likeness (QED) is 0.543. The second-order valence-electron chi connectivity index (χ2n) is 11.6. The van der Waals surface area contributed by atoms with Crippen LogP contribution in [0.5, 0.6) is 0 Å². The molecule has 0 heterocycles. The predicted molar refractivity (Wildman–Crippen MR) is 135 cm³/mol. The van der Waals surface area contributed by atoms with Crippen LogP contribution in [0, 0.1) is 28.6 Å². The van der Waals surface area contributed by atoms with Crippen molar-refractivity contribution < 1.29 is 29.6 Å². The van der Waals surface area contributed by atoms with Crippen LogP contribution in [0.4, 0.5) is 0 Å². The maximum atomic E-state index is 13.2. The first-order valence-corrected chi connectivity index (χ1v) is 12.9. The molecule has 1 aromatic carbocycles. The Labute approximate surface area is 212 Å². The summed E-state index contributed by atoms with van der Waals surface area (Å²) in [6.45, 7) is 4.98. The van der Waals surface area contributed by atoms with E-state index in [9.17, 15) is 24.9 Å². The summed E-state index contributed by atoms with van der Waals surface area (Å²) in [4.78, 5) is 25.3. The summed E-state index contributed by atoms with van der Waals surface area (Å²) in [7, 11) is 0. The van der Waals surface area contributed by atoms with Gasteiger partial charge in [0.25, 0.3) is 0 Å². The summed E-state index contributed by atoms with van der Waals surface area (Å²) in [6.07, 6.45) is 7.65. The molecule has 4 aliphatic carbocycles. The van der Waals surface area contributed by atoms with Gasteiger partial charge in [-0.05, 0) is 68.2 Å². The van der Waals surface area contributed by atoms with Crippen LogP contribution < -0.4 is 0 Å². The highest BCUT2D eigenvalue weighted by Crippen LogP contribution is 2.67. The Morgan fingerprint density at radius 1 is 1.22 bits per heavy atom. The minimum atomic E-state index is -1.93. The summed E-state index contributed by atoms with van der Waals surface area (Å²) in [5.74, 6) is -0.304. The van der Waals surface area contributed by atoms with Gasteiger partial charge in [0, 0.05) is 16.7 Å². The number of Topliss-reactive ketones (excluding diaryl/α,β-unsaturated/α-hetero) is 1. The van der Waals surface area contributed by atoms with Crippen molar-refractivity contribution in [1.82, 2.24) is 0 Å². The Balaban J connectivity index is 1.52. The Kier molecular flexibility index (Phi) is 6.13. The van der Waals surface area contributed by atoms with Crippen LogP contribution in [0.1, 0.15) is 52.0 Å². The fourth-order valence-electron chi connectivity index (χ4n) is 8.11. The second-order valence-corrected chi connectivity index (χ2v) is 11.6. The minimum Gasteiger partial charge on any atom is -0.492 e. The molecule has 3 fully saturated rings. The number of carbonyl (C=O) groups is 2. The van der Waals surface area contributed by atoms with Crippen molar-refractivity contribution in [2.24, 2.45) is 28.6 Å². The van der Waals surface area contributed by atoms with Crippen molar-refractivity contribution in [1.29, 1.82) is 0 Å². The van der Waals surface area contributed by atoms with Crippen LogP contribution in [0.25, 0.3) is 6.08 Å². The number of aliphatic hydroxyl groups is 3. The highest BCUT2D eigenvalue weighted by molar-refractivity contribution is 6.01. The van der Waals surface area contributed by atoms with E-state index in [0.29, 0.717) is 12.2 Å². The van der Waals surface area contributed by atoms with Gasteiger partial charge in [-0.3, -0.25) is 9.59 Å². The molecular weight excluding hydrogens is 456 g/mol. The molecule has 4 aliphatic rings. The lowest BCUT2D eigenvalue weighted by atomic mass is 9.46. The van der Waals surface area contributed by atoms with Crippen molar-refractivity contribution in [2.45, 2.75) is 64.3 Å². The van der Waals surface area contributed by atoms with Crippen LogP contribution in [0.15, 0.2) is 59.9 Å². The fourth-order valence-corrected chi connectivity index (χ4v) is 8.11. The standard InChI is InChI=1S/C30H36O6/c1-18(13-19-7-5-4-6-8-19)36-26-15-23-22-10-9-20-14-21(32)11-12-28(20,2)27(22)24(33)16-29(23,3)30(26,35)25(34)17-31/h4-8,11-14,22-24,26-27,31,33,35H,9-10,15-17H2,1-3H3/t22-,23-,24?,26?,27+,28-,29-,30+/m0/s1. The molecule has 0 saturated heterocycles. The van der Waals surface area contributed by atoms with E-state index < -0.39 is 41.0 Å². The highest BCUT2D eigenvalue weighted by atomic mass is 16.5. The van der Waals surface area contributed by atoms with Gasteiger partial charge in [0.2, 0.25) is 0 Å². The van der Waals surface area contributed by atoms with Gasteiger partial charge in [-0.25, -0.2) is 0 Å². The summed E-state index contributed by atoms with van der Waals surface area (Å²) >= 11 is 0. The fraction of sp³-hybridized carbons (Fsp3) is 0.533. The van der Waals surface area contributed by atoms with E-state index in [2.05, 4.69) is 6.92 Å². The number of carbonyl (C=O) groups excluding carboxylic acids is 2. The van der Waals surface area contributed by atoms with Crippen LogP contribution in [0.3, 0.4) is 0 Å². The number of hydrogen-bond donors (Lipinski definition) is 3. The van der Waals surface area contributed by atoms with E-state index in [-0.39, 0.29) is 30.0 Å². The molecule has 5 rings (SSSR count). The van der Waals surface area contributed by atoms with Gasteiger partial charge in [0.05, 0.1) is 11.9 Å². The average Bonchev–Trinajstić information content (AvgIpc) is 3.06. The normalized spacial score (nSPS) is 41.7. The van der Waals surface area contributed by atoms with Gasteiger partial charge < -0.3 is 20.1 Å². The number of benzene rings is 1. The van der Waals surface area contributed by atoms with Crippen molar-refractivity contribution in [2.75, 3.05) is 6.61 Å². The first-order valence-electron chi connectivity index (χ1n) is 12.9. The molecule has 8 atom stereocenters. The monoisotopic (exact) mass is 492 g/mol. The molecule has 0 bridgehead atoms. The summed E-state index contributed by atoms with van der Waals surface area (Å²) in [6, 6.07) is 9.68. The molecule has 0 amide bonds. The van der Waals surface area contributed by atoms with Gasteiger partial charge in [0.1, 0.15) is 12.7 Å². The van der Waals surface area contributed by atoms with E-state index >= 15 is 0 Å². The zero-order chi connectivity index (χ0) is 25.9. The first-order chi connectivity index (χ1) is 17.0. The number of hydrogen-bond acceptors (Lipinski definition) is 6. The summed E-state index contributed by atoms with van der Waals surface area (Å²) in [5, 5.41) is 33.5. The van der Waals surface area contributed by atoms with E-state index in [1.54, 1.807) is 19.1 Å². The van der Waals surface area contributed by atoms with Crippen LogP contribution in [0.2, 0.25) is 0 Å². The number of rotatable bonds is 5. The van der Waals surface area contributed by atoms with Crippen LogP contribution in [-0.2, 0) is 14.3 Å². The van der Waals surface area contributed by atoms with Gasteiger partial charge in [-0.2, -0.15) is 0 Å². The smallest absolute Gasteiger partial charge is 0.193 e. The molecule has 6 nitrogen and oxygen atoms in total. The van der Waals surface area contributed by atoms with Gasteiger partial charge in [-0.1, -0.05) is 55.8 Å². The Hall–Kier alpha value is -2.54. The maximum absolute atomic E-state index is 13.2. The van der Waals surface area contributed by atoms with Crippen LogP contribution in [-0.4, -0.2) is 51.3 Å². The molecular formula is C30H36O6. The zero-order valence-electron chi connectivity index (χ0n) is 21.2. The molecule has 6 heteroatoms. The molecule has 3 N–H and O–H groups in total. The largest absolute Gasteiger partial charge is 0.492 e. The molecule has 0 aliphatic heterocycles. The molecule has 1 aromatic rings. The second kappa shape index (κ2) is 8.79. The van der Waals surface area contributed by atoms with Crippen molar-refractivity contribution in [3.05, 3.63) is 65.5 Å². The number of ether oxygens (including phenoxy) is 1. The lowest BCUT2D eigenvalue weighted by molar-refractivity contribution is -0.191. The van der Waals surface area contributed by atoms with Gasteiger partial charge in [-0.15, -0.1) is 0 Å². The lowest BCUT2D eigenvalue weighted by Crippen LogP contribution is -2.64. The molecule has 192 valence electrons. The Morgan fingerprint density at radius 2 is 1.94 bits per heavy atom. The number of ketones is 2. The van der Waals surface area contributed by atoms with Gasteiger partial charge >= 0.3 is 0 Å². The average molecular weight is 493 g/mol. The van der Waals surface area contributed by atoms with E-state index in [1.165, 1.54) is 0 Å². The van der Waals surface area contributed by atoms with Crippen molar-refractivity contribution in [3.8, 4) is 0 Å². The van der Waals surface area contributed by atoms with E-state index in [4.69, 9.17) is 4.74 Å². The minimum absolute atomic E-state index is 0.0195. The van der Waals surface area contributed by atoms with Crippen molar-refractivity contribution >= 4 is 17.6 Å². The number of fused-ring (bicyclic) bond motifs is 5. The van der Waals surface area contributed by atoms with Crippen molar-refractivity contribution in [3.63, 3.8) is 0 Å². The number of aliphatic hydroxyl groups excluding tert-OH is 2. The molecule has 3 saturated carbocycles. The molecule has 0 aromatic heterocycles. The Bertz CT molecular complexity index is 1150. The maximum Gasteiger partial charge on any atom is 0.193 e. The molecule has 36 heavy (non-hydrogen) atoms. The van der Waals surface area contributed by atoms with E-state index in [1.807, 2.05) is 49.4 Å². The predicted octanol–water partition coefficient (Wildman–Crippen LogP) is 3.61. The van der Waals surface area contributed by atoms with Gasteiger partial charge in [0.15, 0.2) is 17.2 Å². The molecule has 0 radical (unpaired) electrons. The zero-order valence-corrected chi connectivity index (χ0v) is 21.2. The topological polar surface area (TPSA) is 104 Å². The third-order valence-corrected chi connectivity index (χ3v) is 9.76. The van der Waals surface area contributed by atoms with Crippen LogP contribution >= 0.6 is 0 Å². The Morgan fingerprint density at radius 3 is 2.64 bits per heavy atom. The molecule has 0 spiro atoms. The first kappa shape index (κ1) is 25.1. The SMILES string of the molecule is CC(=Cc1ccccc1)OC1C[C@H]2[C@@H]3CCC4=CC(=O)C=C[C@]4(C)[C@H]3C(O)C[C@]2(C)[C@@]1(O)C(=O)CO. The molecule has 2 unspecified atom stereocenters.